The SMILES string of the molecule is CCC[N+](CC)(CCC)CCSCc1ccccc1. The summed E-state index contributed by atoms with van der Waals surface area (Å²) >= 11 is 2.08. The van der Waals surface area contributed by atoms with Crippen LogP contribution in [0.2, 0.25) is 0 Å². The summed E-state index contributed by atoms with van der Waals surface area (Å²) in [6, 6.07) is 10.8. The fourth-order valence-corrected chi connectivity index (χ4v) is 3.87. The summed E-state index contributed by atoms with van der Waals surface area (Å²) in [5.74, 6) is 2.44. The Labute approximate surface area is 124 Å². The minimum atomic E-state index is 1.16. The molecule has 0 aliphatic carbocycles. The summed E-state index contributed by atoms with van der Waals surface area (Å²) < 4.78 is 1.31. The average Bonchev–Trinajstić information content (AvgIpc) is 2.45. The summed E-state index contributed by atoms with van der Waals surface area (Å²) in [4.78, 5) is 0. The second-order valence-corrected chi connectivity index (χ2v) is 6.47. The highest BCUT2D eigenvalue weighted by Gasteiger charge is 2.22. The molecule has 0 saturated carbocycles. The minimum Gasteiger partial charge on any atom is -0.323 e. The average molecular weight is 281 g/mol. The minimum absolute atomic E-state index is 1.16. The molecule has 0 aromatic heterocycles. The van der Waals surface area contributed by atoms with E-state index in [1.165, 1.54) is 54.8 Å². The van der Waals surface area contributed by atoms with Gasteiger partial charge in [-0.15, -0.1) is 0 Å². The van der Waals surface area contributed by atoms with Gasteiger partial charge in [-0.25, -0.2) is 0 Å². The fraction of sp³-hybridized carbons (Fsp3) is 0.647. The van der Waals surface area contributed by atoms with Crippen LogP contribution >= 0.6 is 11.8 Å². The summed E-state index contributed by atoms with van der Waals surface area (Å²) in [6.07, 6.45) is 2.61. The fourth-order valence-electron chi connectivity index (χ4n) is 2.78. The Bertz CT molecular complexity index is 317. The zero-order valence-electron chi connectivity index (χ0n) is 12.9. The van der Waals surface area contributed by atoms with Gasteiger partial charge in [0.2, 0.25) is 0 Å². The Hall–Kier alpha value is -0.470. The first-order valence-electron chi connectivity index (χ1n) is 7.73. The van der Waals surface area contributed by atoms with E-state index >= 15 is 0 Å². The molecule has 0 fully saturated rings. The molecule has 0 aliphatic heterocycles. The van der Waals surface area contributed by atoms with E-state index in [2.05, 4.69) is 62.9 Å². The first-order chi connectivity index (χ1) is 9.26. The van der Waals surface area contributed by atoms with Crippen LogP contribution in [0.3, 0.4) is 0 Å². The molecule has 1 aromatic rings. The summed E-state index contributed by atoms with van der Waals surface area (Å²) in [7, 11) is 0. The van der Waals surface area contributed by atoms with Crippen LogP contribution in [-0.2, 0) is 5.75 Å². The lowest BCUT2D eigenvalue weighted by molar-refractivity contribution is -0.924. The smallest absolute Gasteiger partial charge is 0.0878 e. The molecule has 0 unspecified atom stereocenters. The molecule has 0 atom stereocenters. The van der Waals surface area contributed by atoms with Gasteiger partial charge in [0, 0.05) is 11.5 Å². The van der Waals surface area contributed by atoms with Gasteiger partial charge in [-0.3, -0.25) is 0 Å². The van der Waals surface area contributed by atoms with Crippen molar-refractivity contribution in [2.75, 3.05) is 31.9 Å². The van der Waals surface area contributed by atoms with E-state index in [1.807, 2.05) is 0 Å². The maximum atomic E-state index is 2.35. The van der Waals surface area contributed by atoms with Crippen molar-refractivity contribution in [3.8, 4) is 0 Å². The molecule has 1 nitrogen and oxygen atoms in total. The van der Waals surface area contributed by atoms with Crippen molar-refractivity contribution in [2.24, 2.45) is 0 Å². The molecule has 0 aliphatic rings. The molecule has 0 heterocycles. The van der Waals surface area contributed by atoms with E-state index in [9.17, 15) is 0 Å². The quantitative estimate of drug-likeness (QED) is 0.447. The van der Waals surface area contributed by atoms with Crippen LogP contribution in [0.1, 0.15) is 39.2 Å². The molecular formula is C17H30NS+. The second-order valence-electron chi connectivity index (χ2n) is 5.37. The lowest BCUT2D eigenvalue weighted by Crippen LogP contribution is -2.50. The van der Waals surface area contributed by atoms with Gasteiger partial charge in [0.15, 0.2) is 0 Å². The van der Waals surface area contributed by atoms with E-state index in [0.29, 0.717) is 0 Å². The van der Waals surface area contributed by atoms with Gasteiger partial charge in [0.1, 0.15) is 0 Å². The van der Waals surface area contributed by atoms with Crippen LogP contribution in [0.5, 0.6) is 0 Å². The Morgan fingerprint density at radius 2 is 1.53 bits per heavy atom. The number of quaternary nitrogens is 1. The number of hydrogen-bond acceptors (Lipinski definition) is 1. The Morgan fingerprint density at radius 3 is 2.05 bits per heavy atom. The maximum absolute atomic E-state index is 2.35. The van der Waals surface area contributed by atoms with Crippen molar-refractivity contribution in [3.63, 3.8) is 0 Å². The Kier molecular flexibility index (Phi) is 8.24. The summed E-state index contributed by atoms with van der Waals surface area (Å²) in [5.41, 5.74) is 1.45. The van der Waals surface area contributed by atoms with Crippen molar-refractivity contribution in [2.45, 2.75) is 39.4 Å². The van der Waals surface area contributed by atoms with Gasteiger partial charge < -0.3 is 4.48 Å². The number of rotatable bonds is 10. The monoisotopic (exact) mass is 280 g/mol. The molecular weight excluding hydrogens is 250 g/mol. The molecule has 0 saturated heterocycles. The van der Waals surface area contributed by atoms with Gasteiger partial charge in [-0.05, 0) is 25.3 Å². The van der Waals surface area contributed by atoms with E-state index in [4.69, 9.17) is 0 Å². The first kappa shape index (κ1) is 16.6. The van der Waals surface area contributed by atoms with Crippen molar-refractivity contribution >= 4 is 11.8 Å². The van der Waals surface area contributed by atoms with Crippen molar-refractivity contribution in [1.82, 2.24) is 0 Å². The molecule has 1 aromatic carbocycles. The summed E-state index contributed by atoms with van der Waals surface area (Å²) in [5, 5.41) is 0. The van der Waals surface area contributed by atoms with Crippen LogP contribution in [-0.4, -0.2) is 36.4 Å². The molecule has 0 N–H and O–H groups in total. The maximum Gasteiger partial charge on any atom is 0.0878 e. The van der Waals surface area contributed by atoms with E-state index in [1.54, 1.807) is 0 Å². The largest absolute Gasteiger partial charge is 0.323 e. The predicted octanol–water partition coefficient (Wildman–Crippen LogP) is 4.58. The highest BCUT2D eigenvalue weighted by molar-refractivity contribution is 7.98. The molecule has 0 spiro atoms. The number of hydrogen-bond donors (Lipinski definition) is 0. The van der Waals surface area contributed by atoms with E-state index in [-0.39, 0.29) is 0 Å². The van der Waals surface area contributed by atoms with Gasteiger partial charge >= 0.3 is 0 Å². The first-order valence-corrected chi connectivity index (χ1v) is 8.88. The van der Waals surface area contributed by atoms with Crippen LogP contribution in [0.25, 0.3) is 0 Å². The summed E-state index contributed by atoms with van der Waals surface area (Å²) in [6.45, 7) is 12.3. The zero-order chi connectivity index (χ0) is 14.0. The van der Waals surface area contributed by atoms with Gasteiger partial charge in [0.25, 0.3) is 0 Å². The lowest BCUT2D eigenvalue weighted by Gasteiger charge is -2.37. The molecule has 19 heavy (non-hydrogen) atoms. The number of nitrogens with zero attached hydrogens (tertiary/aromatic N) is 1. The molecule has 0 radical (unpaired) electrons. The highest BCUT2D eigenvalue weighted by atomic mass is 32.2. The van der Waals surface area contributed by atoms with Crippen LogP contribution in [0, 0.1) is 0 Å². The van der Waals surface area contributed by atoms with E-state index in [0.717, 1.165) is 5.75 Å². The molecule has 0 bridgehead atoms. The Balaban J connectivity index is 2.35. The number of thioether (sulfide) groups is 1. The van der Waals surface area contributed by atoms with Crippen LogP contribution < -0.4 is 0 Å². The van der Waals surface area contributed by atoms with Gasteiger partial charge in [0.05, 0.1) is 26.2 Å². The topological polar surface area (TPSA) is 0 Å². The van der Waals surface area contributed by atoms with Crippen molar-refractivity contribution < 1.29 is 4.48 Å². The van der Waals surface area contributed by atoms with Gasteiger partial charge in [-0.2, -0.15) is 11.8 Å². The van der Waals surface area contributed by atoms with Gasteiger partial charge in [-0.1, -0.05) is 44.2 Å². The lowest BCUT2D eigenvalue weighted by atomic mass is 10.2. The molecule has 108 valence electrons. The Morgan fingerprint density at radius 1 is 0.895 bits per heavy atom. The third-order valence-corrected chi connectivity index (χ3v) is 4.90. The predicted molar refractivity (Wildman–Crippen MR) is 88.6 cm³/mol. The highest BCUT2D eigenvalue weighted by Crippen LogP contribution is 2.16. The normalized spacial score (nSPS) is 11.7. The molecule has 1 rings (SSSR count). The zero-order valence-corrected chi connectivity index (χ0v) is 13.7. The van der Waals surface area contributed by atoms with E-state index < -0.39 is 0 Å². The third-order valence-electron chi connectivity index (χ3n) is 3.89. The second kappa shape index (κ2) is 9.44. The van der Waals surface area contributed by atoms with Crippen LogP contribution in [0.4, 0.5) is 0 Å². The molecule has 2 heteroatoms. The standard InChI is InChI=1S/C17H30NS/c1-4-12-18(6-3,13-5-2)14-15-19-16-17-10-8-7-9-11-17/h7-11H,4-6,12-16H2,1-3H3/q+1. The van der Waals surface area contributed by atoms with Crippen LogP contribution in [0.15, 0.2) is 30.3 Å². The third kappa shape index (κ3) is 6.01. The van der Waals surface area contributed by atoms with Crippen molar-refractivity contribution in [3.05, 3.63) is 35.9 Å². The number of benzene rings is 1. The van der Waals surface area contributed by atoms with Crippen molar-refractivity contribution in [1.29, 1.82) is 0 Å². The molecule has 0 amide bonds.